The van der Waals surface area contributed by atoms with Crippen molar-refractivity contribution in [3.8, 4) is 5.75 Å². The molecule has 162 valence electrons. The highest BCUT2D eigenvalue weighted by Gasteiger charge is 2.45. The Hall–Kier alpha value is -2.77. The van der Waals surface area contributed by atoms with E-state index in [0.29, 0.717) is 11.1 Å². The first-order chi connectivity index (χ1) is 14.9. The van der Waals surface area contributed by atoms with Crippen molar-refractivity contribution in [3.63, 3.8) is 0 Å². The number of nitrogens with zero attached hydrogens (tertiary/aromatic N) is 1. The fourth-order valence-electron chi connectivity index (χ4n) is 4.18. The van der Waals surface area contributed by atoms with Crippen LogP contribution in [0.3, 0.4) is 0 Å². The third-order valence-corrected chi connectivity index (χ3v) is 7.33. The van der Waals surface area contributed by atoms with Gasteiger partial charge in [0.25, 0.3) is 11.8 Å². The van der Waals surface area contributed by atoms with E-state index in [1.54, 1.807) is 30.3 Å². The van der Waals surface area contributed by atoms with Crippen molar-refractivity contribution < 1.29 is 14.7 Å². The second-order valence-electron chi connectivity index (χ2n) is 8.18. The van der Waals surface area contributed by atoms with Crippen molar-refractivity contribution in [2.75, 3.05) is 13.1 Å². The second-order valence-corrected chi connectivity index (χ2v) is 9.52. The van der Waals surface area contributed by atoms with Crippen LogP contribution in [0.15, 0.2) is 47.9 Å². The van der Waals surface area contributed by atoms with E-state index >= 15 is 0 Å². The number of fused-ring (bicyclic) bond motifs is 1. The van der Waals surface area contributed by atoms with Gasteiger partial charge in [0.05, 0.1) is 0 Å². The number of nitrogens with one attached hydrogen (secondary N) is 1. The molecule has 0 radical (unpaired) electrons. The summed E-state index contributed by atoms with van der Waals surface area (Å²) < 4.78 is 0. The van der Waals surface area contributed by atoms with Gasteiger partial charge in [0.15, 0.2) is 4.87 Å². The zero-order valence-electron chi connectivity index (χ0n) is 17.4. The summed E-state index contributed by atoms with van der Waals surface area (Å²) in [5.74, 6) is -0.891. The van der Waals surface area contributed by atoms with E-state index < -0.39 is 10.8 Å². The average molecular weight is 438 g/mol. The molecule has 1 unspecified atom stereocenters. The molecule has 4 rings (SSSR count). The molecule has 2 amide bonds. The SMILES string of the molecule is C=Cc1cc2c(cc1O)SC(NC(=O)c1ccc(CN3CCCCC3)cc1)(C(N)=O)C2. The number of phenolic OH excluding ortho intramolecular Hbond substituents is 1. The lowest BCUT2D eigenvalue weighted by molar-refractivity contribution is -0.120. The Bertz CT molecular complexity index is 1020. The fraction of sp³-hybridized carbons (Fsp3) is 0.333. The molecule has 0 spiro atoms. The standard InChI is InChI=1S/C24H27N3O3S/c1-2-17-12-19-14-24(23(25)30,31-21(19)13-20(17)28)26-22(29)18-8-6-16(7-9-18)15-27-10-4-3-5-11-27/h2,6-9,12-13,28H,1,3-5,10-11,14-15H2,(H2,25,30)(H,26,29). The minimum absolute atomic E-state index is 0.0807. The van der Waals surface area contributed by atoms with Gasteiger partial charge < -0.3 is 16.2 Å². The van der Waals surface area contributed by atoms with Crippen LogP contribution in [0.4, 0.5) is 0 Å². The zero-order valence-corrected chi connectivity index (χ0v) is 18.2. The summed E-state index contributed by atoms with van der Waals surface area (Å²) in [5.41, 5.74) is 8.78. The van der Waals surface area contributed by atoms with Gasteiger partial charge in [0, 0.05) is 29.0 Å². The number of benzene rings is 2. The molecule has 2 aliphatic rings. The van der Waals surface area contributed by atoms with Crippen LogP contribution in [0.1, 0.15) is 46.3 Å². The van der Waals surface area contributed by atoms with Crippen molar-refractivity contribution in [1.82, 2.24) is 10.2 Å². The number of rotatable bonds is 6. The number of aromatic hydroxyl groups is 1. The number of hydrogen-bond acceptors (Lipinski definition) is 5. The molecule has 0 saturated carbocycles. The molecule has 2 aromatic rings. The van der Waals surface area contributed by atoms with E-state index in [1.807, 2.05) is 12.1 Å². The van der Waals surface area contributed by atoms with E-state index in [4.69, 9.17) is 5.73 Å². The van der Waals surface area contributed by atoms with Gasteiger partial charge in [0.2, 0.25) is 0 Å². The van der Waals surface area contributed by atoms with Crippen molar-refractivity contribution >= 4 is 29.7 Å². The highest BCUT2D eigenvalue weighted by atomic mass is 32.2. The smallest absolute Gasteiger partial charge is 0.254 e. The Labute approximate surface area is 186 Å². The van der Waals surface area contributed by atoms with E-state index in [9.17, 15) is 14.7 Å². The number of thioether (sulfide) groups is 1. The molecule has 1 saturated heterocycles. The predicted molar refractivity (Wildman–Crippen MR) is 123 cm³/mol. The zero-order chi connectivity index (χ0) is 22.0. The number of amides is 2. The highest BCUT2D eigenvalue weighted by Crippen LogP contribution is 2.46. The van der Waals surface area contributed by atoms with E-state index in [0.717, 1.165) is 35.7 Å². The maximum Gasteiger partial charge on any atom is 0.254 e. The fourth-order valence-corrected chi connectivity index (χ4v) is 5.46. The van der Waals surface area contributed by atoms with Crippen LogP contribution in [0.25, 0.3) is 6.08 Å². The van der Waals surface area contributed by atoms with Gasteiger partial charge in [-0.1, -0.05) is 43.0 Å². The summed E-state index contributed by atoms with van der Waals surface area (Å²) in [4.78, 5) is 27.2. The Morgan fingerprint density at radius 1 is 1.19 bits per heavy atom. The number of nitrogens with two attached hydrogens (primary N) is 1. The van der Waals surface area contributed by atoms with E-state index in [2.05, 4.69) is 16.8 Å². The summed E-state index contributed by atoms with van der Waals surface area (Å²) in [6, 6.07) is 10.9. The van der Waals surface area contributed by atoms with Crippen LogP contribution in [0.2, 0.25) is 0 Å². The van der Waals surface area contributed by atoms with Crippen molar-refractivity contribution in [2.45, 2.75) is 42.0 Å². The van der Waals surface area contributed by atoms with Crippen molar-refractivity contribution in [1.29, 1.82) is 0 Å². The lowest BCUT2D eigenvalue weighted by Crippen LogP contribution is -2.55. The van der Waals surface area contributed by atoms with Gasteiger partial charge in [-0.15, -0.1) is 0 Å². The molecule has 6 nitrogen and oxygen atoms in total. The minimum atomic E-state index is -1.29. The number of phenols is 1. The number of likely N-dealkylation sites (tertiary alicyclic amines) is 1. The van der Waals surface area contributed by atoms with Gasteiger partial charge in [-0.3, -0.25) is 14.5 Å². The van der Waals surface area contributed by atoms with Gasteiger partial charge in [-0.05, 0) is 61.3 Å². The predicted octanol–water partition coefficient (Wildman–Crippen LogP) is 3.28. The van der Waals surface area contributed by atoms with Crippen LogP contribution in [-0.4, -0.2) is 39.8 Å². The van der Waals surface area contributed by atoms with E-state index in [-0.39, 0.29) is 18.1 Å². The second kappa shape index (κ2) is 8.77. The number of primary amides is 1. The van der Waals surface area contributed by atoms with Crippen molar-refractivity contribution in [3.05, 3.63) is 65.2 Å². The Morgan fingerprint density at radius 2 is 1.90 bits per heavy atom. The Kier molecular flexibility index (Phi) is 6.07. The van der Waals surface area contributed by atoms with Gasteiger partial charge >= 0.3 is 0 Å². The summed E-state index contributed by atoms with van der Waals surface area (Å²) in [6.07, 6.45) is 5.58. The molecule has 0 aliphatic carbocycles. The molecular weight excluding hydrogens is 410 g/mol. The molecule has 1 fully saturated rings. The average Bonchev–Trinajstić information content (AvgIpc) is 3.12. The lowest BCUT2D eigenvalue weighted by Gasteiger charge is -2.27. The van der Waals surface area contributed by atoms with Crippen LogP contribution >= 0.6 is 11.8 Å². The molecular formula is C24H27N3O3S. The first-order valence-electron chi connectivity index (χ1n) is 10.5. The van der Waals surface area contributed by atoms with Crippen LogP contribution in [-0.2, 0) is 17.8 Å². The van der Waals surface area contributed by atoms with E-state index in [1.165, 1.54) is 31.0 Å². The maximum atomic E-state index is 12.9. The minimum Gasteiger partial charge on any atom is -0.507 e. The lowest BCUT2D eigenvalue weighted by atomic mass is 10.0. The maximum absolute atomic E-state index is 12.9. The molecule has 2 aliphatic heterocycles. The van der Waals surface area contributed by atoms with Gasteiger partial charge in [-0.2, -0.15) is 0 Å². The number of carbonyl (C=O) groups is 2. The number of carbonyl (C=O) groups excluding carboxylic acids is 2. The molecule has 4 N–H and O–H groups in total. The first-order valence-corrected chi connectivity index (χ1v) is 11.3. The van der Waals surface area contributed by atoms with Crippen LogP contribution in [0, 0.1) is 0 Å². The molecule has 1 atom stereocenters. The molecule has 0 aromatic heterocycles. The molecule has 7 heteroatoms. The number of hydrogen-bond donors (Lipinski definition) is 3. The van der Waals surface area contributed by atoms with Crippen molar-refractivity contribution in [2.24, 2.45) is 5.73 Å². The topological polar surface area (TPSA) is 95.7 Å². The number of piperidine rings is 1. The first kappa shape index (κ1) is 21.5. The van der Waals surface area contributed by atoms with Crippen LogP contribution < -0.4 is 11.1 Å². The third-order valence-electron chi connectivity index (χ3n) is 5.94. The summed E-state index contributed by atoms with van der Waals surface area (Å²) in [5, 5.41) is 12.9. The summed E-state index contributed by atoms with van der Waals surface area (Å²) in [7, 11) is 0. The van der Waals surface area contributed by atoms with Gasteiger partial charge in [-0.25, -0.2) is 0 Å². The monoisotopic (exact) mass is 437 g/mol. The molecule has 2 heterocycles. The largest absolute Gasteiger partial charge is 0.507 e. The highest BCUT2D eigenvalue weighted by molar-refractivity contribution is 8.01. The molecule has 31 heavy (non-hydrogen) atoms. The normalized spacial score (nSPS) is 20.8. The van der Waals surface area contributed by atoms with Crippen LogP contribution in [0.5, 0.6) is 5.75 Å². The Morgan fingerprint density at radius 3 is 2.55 bits per heavy atom. The molecule has 0 bridgehead atoms. The Balaban J connectivity index is 1.48. The third kappa shape index (κ3) is 4.48. The quantitative estimate of drug-likeness (QED) is 0.645. The molecule has 2 aromatic carbocycles. The summed E-state index contributed by atoms with van der Waals surface area (Å²) >= 11 is 1.17. The summed E-state index contributed by atoms with van der Waals surface area (Å²) in [6.45, 7) is 6.80. The van der Waals surface area contributed by atoms with Gasteiger partial charge in [0.1, 0.15) is 5.75 Å².